The second kappa shape index (κ2) is 9.33. The van der Waals surface area contributed by atoms with Crippen LogP contribution >= 0.6 is 19.4 Å². The van der Waals surface area contributed by atoms with Gasteiger partial charge in [0.25, 0.3) is 7.82 Å². The van der Waals surface area contributed by atoms with Crippen LogP contribution < -0.4 is 9.79 Å². The molecule has 28 heavy (non-hydrogen) atoms. The molecule has 8 heteroatoms. The number of quaternary nitrogens is 1. The first-order chi connectivity index (χ1) is 13.0. The summed E-state index contributed by atoms with van der Waals surface area (Å²) in [7, 11) is -0.616. The van der Waals surface area contributed by atoms with Crippen molar-refractivity contribution in [3.05, 3.63) is 69.7 Å². The van der Waals surface area contributed by atoms with Crippen LogP contribution in [0.2, 0.25) is 5.02 Å². The molecule has 2 aromatic rings. The Morgan fingerprint density at radius 1 is 1.07 bits per heavy atom. The van der Waals surface area contributed by atoms with Gasteiger partial charge >= 0.3 is 0 Å². The van der Waals surface area contributed by atoms with Crippen molar-refractivity contribution in [1.82, 2.24) is 0 Å². The lowest BCUT2D eigenvalue weighted by atomic mass is 9.80. The molecule has 0 saturated carbocycles. The van der Waals surface area contributed by atoms with Gasteiger partial charge in [-0.3, -0.25) is 4.57 Å². The Balaban J connectivity index is 0.000000500. The summed E-state index contributed by atoms with van der Waals surface area (Å²) in [6.45, 7) is 1.02. The molecule has 1 atom stereocenters. The summed E-state index contributed by atoms with van der Waals surface area (Å²) in [5, 5.41) is 12.3. The number of benzene rings is 2. The quantitative estimate of drug-likeness (QED) is 0.554. The third-order valence-electron chi connectivity index (χ3n) is 4.53. The summed E-state index contributed by atoms with van der Waals surface area (Å²) in [5.74, 6) is 0. The van der Waals surface area contributed by atoms with Crippen molar-refractivity contribution in [3.63, 3.8) is 0 Å². The second-order valence-electron chi connectivity index (χ2n) is 7.06. The molecule has 6 nitrogen and oxygen atoms in total. The van der Waals surface area contributed by atoms with E-state index in [2.05, 4.69) is 32.3 Å². The summed E-state index contributed by atoms with van der Waals surface area (Å²) in [5.41, 5.74) is 2.96. The summed E-state index contributed by atoms with van der Waals surface area (Å²) in [6.07, 6.45) is 5.78. The second-order valence-corrected chi connectivity index (χ2v) is 8.48. The van der Waals surface area contributed by atoms with Gasteiger partial charge in [0, 0.05) is 5.02 Å². The average Bonchev–Trinajstić information content (AvgIpc) is 2.69. The van der Waals surface area contributed by atoms with E-state index in [0.717, 1.165) is 35.2 Å². The highest BCUT2D eigenvalue weighted by Crippen LogP contribution is 2.41. The van der Waals surface area contributed by atoms with E-state index >= 15 is 0 Å². The van der Waals surface area contributed by atoms with Crippen LogP contribution in [0.15, 0.2) is 42.5 Å². The standard InChI is InChI=1S/C20H22ClNO.H3O4P/c1-22(2)13-5-12-20(23)18-7-4-3-6-15(18)8-9-16-10-11-17(21)14-19(16)20;1-5(2,3)4/h3-4,6-11,14,23H,5,12-13H2,1-2H3;(H3,1,2,3,4). The molecular formula is C20H25ClNO5P. The third-order valence-corrected chi connectivity index (χ3v) is 4.76. The van der Waals surface area contributed by atoms with E-state index in [9.17, 15) is 5.11 Å². The smallest absolute Gasteiger partial charge is 0.262 e. The lowest BCUT2D eigenvalue weighted by molar-refractivity contribution is -0.858. The molecule has 2 aromatic carbocycles. The van der Waals surface area contributed by atoms with Crippen molar-refractivity contribution in [3.8, 4) is 0 Å². The number of nitrogens with one attached hydrogen (secondary N) is 1. The highest BCUT2D eigenvalue weighted by Gasteiger charge is 2.36. The summed E-state index contributed by atoms with van der Waals surface area (Å²) in [6, 6.07) is 13.9. The number of phosphoric acid groups is 1. The summed E-state index contributed by atoms with van der Waals surface area (Å²) in [4.78, 5) is 24.3. The average molecular weight is 426 g/mol. The Labute approximate surface area is 170 Å². The van der Waals surface area contributed by atoms with Gasteiger partial charge in [0.05, 0.1) is 20.6 Å². The minimum absolute atomic E-state index is 0.660. The molecule has 0 aliphatic heterocycles. The van der Waals surface area contributed by atoms with Crippen molar-refractivity contribution in [2.45, 2.75) is 18.4 Å². The van der Waals surface area contributed by atoms with Crippen molar-refractivity contribution in [2.75, 3.05) is 20.6 Å². The number of fused-ring (bicyclic) bond motifs is 2. The van der Waals surface area contributed by atoms with E-state index in [1.807, 2.05) is 36.4 Å². The van der Waals surface area contributed by atoms with Gasteiger partial charge in [0.1, 0.15) is 5.60 Å². The van der Waals surface area contributed by atoms with E-state index in [4.69, 9.17) is 30.8 Å². The van der Waals surface area contributed by atoms with Crippen molar-refractivity contribution in [1.29, 1.82) is 0 Å². The molecule has 0 radical (unpaired) electrons. The lowest BCUT2D eigenvalue weighted by Gasteiger charge is -2.31. The Kier molecular flexibility index (Phi) is 7.59. The minimum atomic E-state index is -4.89. The van der Waals surface area contributed by atoms with Crippen LogP contribution in [0.3, 0.4) is 0 Å². The lowest BCUT2D eigenvalue weighted by Crippen LogP contribution is -3.05. The summed E-state index contributed by atoms with van der Waals surface area (Å²) >= 11 is 6.23. The molecule has 0 fully saturated rings. The largest absolute Gasteiger partial charge is 0.756 e. The Hall–Kier alpha value is -1.50. The maximum Gasteiger partial charge on any atom is 0.262 e. The minimum Gasteiger partial charge on any atom is -0.756 e. The van der Waals surface area contributed by atoms with E-state index < -0.39 is 13.4 Å². The number of aliphatic hydroxyl groups is 1. The maximum atomic E-state index is 11.7. The maximum absolute atomic E-state index is 11.7. The number of hydrogen-bond donors (Lipinski definition) is 4. The molecule has 1 aliphatic carbocycles. The highest BCUT2D eigenvalue weighted by molar-refractivity contribution is 7.43. The first kappa shape index (κ1) is 22.8. The zero-order valence-electron chi connectivity index (χ0n) is 15.8. The topological polar surface area (TPSA) is 105 Å². The molecule has 0 amide bonds. The fourth-order valence-electron chi connectivity index (χ4n) is 3.34. The van der Waals surface area contributed by atoms with E-state index in [1.165, 1.54) is 4.90 Å². The third kappa shape index (κ3) is 6.26. The van der Waals surface area contributed by atoms with Crippen LogP contribution in [0, 0.1) is 0 Å². The van der Waals surface area contributed by atoms with E-state index in [1.54, 1.807) is 0 Å². The van der Waals surface area contributed by atoms with Gasteiger partial charge in [0.15, 0.2) is 0 Å². The molecule has 0 heterocycles. The Morgan fingerprint density at radius 2 is 1.64 bits per heavy atom. The number of hydrogen-bond acceptors (Lipinski definition) is 3. The van der Waals surface area contributed by atoms with Gasteiger partial charge in [0.2, 0.25) is 0 Å². The Bertz CT molecular complexity index is 888. The van der Waals surface area contributed by atoms with E-state index in [-0.39, 0.29) is 0 Å². The van der Waals surface area contributed by atoms with Gasteiger partial charge in [-0.1, -0.05) is 54.1 Å². The summed E-state index contributed by atoms with van der Waals surface area (Å²) < 4.78 is 8.77. The molecule has 1 unspecified atom stereocenters. The monoisotopic (exact) mass is 425 g/mol. The van der Waals surface area contributed by atoms with Gasteiger partial charge < -0.3 is 24.7 Å². The van der Waals surface area contributed by atoms with Crippen LogP contribution in [0.25, 0.3) is 12.2 Å². The molecule has 0 spiro atoms. The Morgan fingerprint density at radius 3 is 2.25 bits per heavy atom. The van der Waals surface area contributed by atoms with Gasteiger partial charge in [-0.2, -0.15) is 0 Å². The van der Waals surface area contributed by atoms with E-state index in [0.29, 0.717) is 11.4 Å². The first-order valence-corrected chi connectivity index (χ1v) is 10.8. The van der Waals surface area contributed by atoms with Crippen LogP contribution in [-0.2, 0) is 10.2 Å². The molecule has 0 saturated heterocycles. The molecule has 3 rings (SSSR count). The van der Waals surface area contributed by atoms with Crippen LogP contribution in [0.4, 0.5) is 0 Å². The molecule has 0 bridgehead atoms. The zero-order valence-corrected chi connectivity index (χ0v) is 17.5. The fraction of sp³-hybridized carbons (Fsp3) is 0.300. The first-order valence-electron chi connectivity index (χ1n) is 8.86. The predicted molar refractivity (Wildman–Crippen MR) is 109 cm³/mol. The van der Waals surface area contributed by atoms with Crippen LogP contribution in [-0.4, -0.2) is 35.5 Å². The van der Waals surface area contributed by atoms with Gasteiger partial charge in [-0.15, -0.1) is 0 Å². The predicted octanol–water partition coefficient (Wildman–Crippen LogP) is 1.42. The van der Waals surface area contributed by atoms with Crippen LogP contribution in [0.1, 0.15) is 35.1 Å². The molecule has 1 aliphatic rings. The highest BCUT2D eigenvalue weighted by atomic mass is 35.5. The van der Waals surface area contributed by atoms with Gasteiger partial charge in [-0.25, -0.2) is 0 Å². The van der Waals surface area contributed by atoms with Crippen LogP contribution in [0.5, 0.6) is 0 Å². The van der Waals surface area contributed by atoms with Crippen molar-refractivity contribution >= 4 is 31.6 Å². The number of halogens is 1. The molecule has 0 aromatic heterocycles. The molecule has 152 valence electrons. The van der Waals surface area contributed by atoms with Gasteiger partial charge in [-0.05, 0) is 47.2 Å². The zero-order chi connectivity index (χ0) is 20.9. The fourth-order valence-corrected chi connectivity index (χ4v) is 3.51. The molecule has 4 N–H and O–H groups in total. The normalized spacial score (nSPS) is 18.0. The van der Waals surface area contributed by atoms with Crippen molar-refractivity contribution < 1.29 is 29.3 Å². The number of rotatable bonds is 4. The van der Waals surface area contributed by atoms with Crippen molar-refractivity contribution in [2.24, 2.45) is 0 Å². The SMILES string of the molecule is C[NH+](C)CCCC1(O)c2ccccc2C=Cc2ccc(Cl)cc21.O=P([O-])(O)O. The molecular weight excluding hydrogens is 401 g/mol.